The topological polar surface area (TPSA) is 61.1 Å². The van der Waals surface area contributed by atoms with Crippen molar-refractivity contribution in [2.24, 2.45) is 0 Å². The number of carboxylic acids is 1. The normalized spacial score (nSPS) is 17.1. The maximum absolute atomic E-state index is 12.8. The number of hydrogen-bond donors (Lipinski definition) is 1. The molecule has 0 radical (unpaired) electrons. The van der Waals surface area contributed by atoms with E-state index in [1.165, 1.54) is 16.2 Å². The lowest BCUT2D eigenvalue weighted by atomic mass is 9.96. The van der Waals surface area contributed by atoms with Crippen LogP contribution in [0, 0.1) is 6.92 Å². The molecule has 1 aliphatic rings. The highest BCUT2D eigenvalue weighted by Gasteiger charge is 2.34. The number of thiazole rings is 1. The molecule has 1 fully saturated rings. The van der Waals surface area contributed by atoms with Gasteiger partial charge in [-0.15, -0.1) is 11.3 Å². The number of hydrogen-bond acceptors (Lipinski definition) is 5. The number of halogens is 3. The van der Waals surface area contributed by atoms with Gasteiger partial charge in [-0.3, -0.25) is 14.8 Å². The minimum Gasteiger partial charge on any atom is -0.478 e. The number of alkyl halides is 3. The molecule has 3 aromatic heterocycles. The largest absolute Gasteiger partial charge is 0.478 e. The molecule has 1 N–H and O–H groups in total. The van der Waals surface area contributed by atoms with E-state index in [-0.39, 0.29) is 17.5 Å². The molecule has 0 aliphatic carbocycles. The number of aromatic carboxylic acids is 1. The molecule has 4 rings (SSSR count). The van der Waals surface area contributed by atoms with Gasteiger partial charge >= 0.3 is 12.1 Å². The molecule has 1 aliphatic heterocycles. The Kier molecular flexibility index (Phi) is 6.76. The molecule has 10 heteroatoms. The second-order valence-electron chi connectivity index (χ2n) is 9.21. The van der Waals surface area contributed by atoms with Gasteiger partial charge in [0.25, 0.3) is 0 Å². The predicted octanol–water partition coefficient (Wildman–Crippen LogP) is 5.43. The molecule has 6 nitrogen and oxygen atoms in total. The predicted molar refractivity (Wildman–Crippen MR) is 127 cm³/mol. The molecular formula is C24H29F3N4O2S. The molecule has 0 aromatic carbocycles. The summed E-state index contributed by atoms with van der Waals surface area (Å²) in [4.78, 5) is 21.0. The number of piperazine rings is 1. The highest BCUT2D eigenvalue weighted by molar-refractivity contribution is 7.13. The van der Waals surface area contributed by atoms with Gasteiger partial charge in [-0.25, -0.2) is 4.79 Å². The highest BCUT2D eigenvalue weighted by atomic mass is 32.1. The summed E-state index contributed by atoms with van der Waals surface area (Å²) < 4.78 is 40.5. The summed E-state index contributed by atoms with van der Waals surface area (Å²) in [5.74, 6) is -0.834. The van der Waals surface area contributed by atoms with E-state index in [1.54, 1.807) is 11.6 Å². The van der Waals surface area contributed by atoms with Crippen molar-refractivity contribution in [3.63, 3.8) is 0 Å². The van der Waals surface area contributed by atoms with Gasteiger partial charge in [0.1, 0.15) is 0 Å². The van der Waals surface area contributed by atoms with E-state index >= 15 is 0 Å². The molecule has 0 spiro atoms. The molecule has 0 saturated carbocycles. The lowest BCUT2D eigenvalue weighted by Crippen LogP contribution is -2.49. The zero-order chi connectivity index (χ0) is 24.8. The number of aromatic nitrogens is 2. The summed E-state index contributed by atoms with van der Waals surface area (Å²) in [5.41, 5.74) is 6.50. The van der Waals surface area contributed by atoms with Crippen molar-refractivity contribution >= 4 is 22.8 Å². The first-order valence-corrected chi connectivity index (χ1v) is 12.2. The number of carbonyl (C=O) groups is 1. The van der Waals surface area contributed by atoms with Gasteiger partial charge in [0.15, 0.2) is 0 Å². The summed E-state index contributed by atoms with van der Waals surface area (Å²) in [6.07, 6.45) is -0.334. The van der Waals surface area contributed by atoms with Gasteiger partial charge in [-0.2, -0.15) is 13.2 Å². The summed E-state index contributed by atoms with van der Waals surface area (Å²) in [5, 5.41) is 9.96. The molecule has 1 atom stereocenters. The van der Waals surface area contributed by atoms with Crippen LogP contribution in [0.15, 0.2) is 24.0 Å². The van der Waals surface area contributed by atoms with Gasteiger partial charge in [0.05, 0.1) is 28.0 Å². The fraction of sp³-hybridized carbons (Fsp3) is 0.500. The highest BCUT2D eigenvalue weighted by Crippen LogP contribution is 2.39. The van der Waals surface area contributed by atoms with Gasteiger partial charge in [0, 0.05) is 55.9 Å². The van der Waals surface area contributed by atoms with Crippen LogP contribution in [0.5, 0.6) is 0 Å². The zero-order valence-corrected chi connectivity index (χ0v) is 20.5. The number of pyridine rings is 1. The first-order valence-electron chi connectivity index (χ1n) is 11.3. The van der Waals surface area contributed by atoms with Crippen LogP contribution in [-0.2, 0) is 0 Å². The van der Waals surface area contributed by atoms with E-state index < -0.39 is 18.7 Å². The van der Waals surface area contributed by atoms with Crippen LogP contribution in [0.1, 0.15) is 59.9 Å². The Bertz CT molecular complexity index is 1180. The third kappa shape index (κ3) is 4.71. The fourth-order valence-electron chi connectivity index (χ4n) is 5.07. The van der Waals surface area contributed by atoms with E-state index in [1.807, 2.05) is 20.0 Å². The average molecular weight is 495 g/mol. The van der Waals surface area contributed by atoms with Crippen LogP contribution in [0.25, 0.3) is 16.0 Å². The summed E-state index contributed by atoms with van der Waals surface area (Å²) >= 11 is 1.54. The van der Waals surface area contributed by atoms with Crippen LogP contribution in [0.3, 0.4) is 0 Å². The Hall–Kier alpha value is -2.43. The standard InChI is InChI=1S/C24H29F3N4O2S/c1-14(2)21-18(20-10-28-13-34-20)11-31-19(21)9-17(23(32)33)15(3)22(31)16(4)30-7-5-29(6-8-30)12-24(25,26)27/h9-11,13-14,16H,5-8,12H2,1-4H3,(H,32,33). The molecule has 1 saturated heterocycles. The first-order chi connectivity index (χ1) is 16.0. The van der Waals surface area contributed by atoms with E-state index in [0.717, 1.165) is 27.2 Å². The number of nitrogens with zero attached hydrogens (tertiary/aromatic N) is 4. The van der Waals surface area contributed by atoms with E-state index in [9.17, 15) is 23.1 Å². The quantitative estimate of drug-likeness (QED) is 0.495. The first kappa shape index (κ1) is 24.7. The maximum atomic E-state index is 12.8. The Labute approximate surface area is 200 Å². The molecular weight excluding hydrogens is 465 g/mol. The zero-order valence-electron chi connectivity index (χ0n) is 19.7. The molecule has 184 valence electrons. The van der Waals surface area contributed by atoms with Gasteiger partial charge in [0.2, 0.25) is 0 Å². The van der Waals surface area contributed by atoms with Crippen LogP contribution in [0.4, 0.5) is 13.2 Å². The van der Waals surface area contributed by atoms with Crippen LogP contribution >= 0.6 is 11.3 Å². The molecule has 1 unspecified atom stereocenters. The van der Waals surface area contributed by atoms with Crippen LogP contribution in [0.2, 0.25) is 0 Å². The van der Waals surface area contributed by atoms with Gasteiger partial charge in [-0.05, 0) is 37.0 Å². The third-order valence-corrected chi connectivity index (χ3v) is 7.48. The molecule has 0 bridgehead atoms. The summed E-state index contributed by atoms with van der Waals surface area (Å²) in [6, 6.07) is 1.58. The Morgan fingerprint density at radius 3 is 2.41 bits per heavy atom. The minimum atomic E-state index is -4.21. The van der Waals surface area contributed by atoms with E-state index in [0.29, 0.717) is 31.7 Å². The van der Waals surface area contributed by atoms with Crippen molar-refractivity contribution in [3.05, 3.63) is 46.4 Å². The lowest BCUT2D eigenvalue weighted by molar-refractivity contribution is -0.149. The summed E-state index contributed by atoms with van der Waals surface area (Å²) in [7, 11) is 0. The van der Waals surface area contributed by atoms with Crippen molar-refractivity contribution in [1.29, 1.82) is 0 Å². The van der Waals surface area contributed by atoms with Gasteiger partial charge < -0.3 is 9.51 Å². The maximum Gasteiger partial charge on any atom is 0.401 e. The Morgan fingerprint density at radius 1 is 1.21 bits per heavy atom. The van der Waals surface area contributed by atoms with Gasteiger partial charge in [-0.1, -0.05) is 13.8 Å². The third-order valence-electron chi connectivity index (χ3n) is 6.67. The van der Waals surface area contributed by atoms with E-state index in [4.69, 9.17) is 0 Å². The second-order valence-corrected chi connectivity index (χ2v) is 10.1. The molecule has 4 heterocycles. The second kappa shape index (κ2) is 9.31. The summed E-state index contributed by atoms with van der Waals surface area (Å²) in [6.45, 7) is 8.70. The SMILES string of the molecule is Cc1c(C(=O)O)cc2c(C(C)C)c(-c3cncs3)cn2c1C(C)N1CCN(CC(F)(F)F)CC1. The molecule has 0 amide bonds. The van der Waals surface area contributed by atoms with Crippen molar-refractivity contribution in [3.8, 4) is 10.4 Å². The fourth-order valence-corrected chi connectivity index (χ4v) is 5.72. The average Bonchev–Trinajstić information content (AvgIpc) is 3.39. The Balaban J connectivity index is 1.79. The van der Waals surface area contributed by atoms with Crippen LogP contribution < -0.4 is 0 Å². The number of fused-ring (bicyclic) bond motifs is 1. The minimum absolute atomic E-state index is 0.153. The lowest BCUT2D eigenvalue weighted by Gasteiger charge is -2.39. The number of rotatable bonds is 6. The Morgan fingerprint density at radius 2 is 1.88 bits per heavy atom. The monoisotopic (exact) mass is 494 g/mol. The van der Waals surface area contributed by atoms with Crippen molar-refractivity contribution < 1.29 is 23.1 Å². The van der Waals surface area contributed by atoms with E-state index in [2.05, 4.69) is 34.3 Å². The van der Waals surface area contributed by atoms with Crippen LogP contribution in [-0.4, -0.2) is 69.2 Å². The molecule has 3 aromatic rings. The van der Waals surface area contributed by atoms with Crippen molar-refractivity contribution in [2.75, 3.05) is 32.7 Å². The smallest absolute Gasteiger partial charge is 0.401 e. The van der Waals surface area contributed by atoms with Crippen molar-refractivity contribution in [1.82, 2.24) is 19.2 Å². The number of carboxylic acid groups (broad SMARTS) is 1. The molecule has 34 heavy (non-hydrogen) atoms. The van der Waals surface area contributed by atoms with Crippen molar-refractivity contribution in [2.45, 2.75) is 45.8 Å².